The second-order valence-corrected chi connectivity index (χ2v) is 10.5. The third-order valence-electron chi connectivity index (χ3n) is 7.89. The quantitative estimate of drug-likeness (QED) is 0.265. The highest BCUT2D eigenvalue weighted by Crippen LogP contribution is 2.29. The second-order valence-electron chi connectivity index (χ2n) is 10.5. The van der Waals surface area contributed by atoms with Gasteiger partial charge in [-0.1, -0.05) is 93.5 Å². The van der Waals surface area contributed by atoms with Gasteiger partial charge in [-0.25, -0.2) is 0 Å². The molecule has 0 aliphatic heterocycles. The normalized spacial score (nSPS) is 15.4. The predicted molar refractivity (Wildman–Crippen MR) is 152 cm³/mol. The second kappa shape index (κ2) is 14.5. The molecule has 5 heteroatoms. The van der Waals surface area contributed by atoms with Gasteiger partial charge in [-0.15, -0.1) is 0 Å². The number of carbonyl (C=O) groups is 2. The number of methoxy groups -OCH3 is 1. The van der Waals surface area contributed by atoms with Gasteiger partial charge in [0.1, 0.15) is 0 Å². The molecule has 0 spiro atoms. The van der Waals surface area contributed by atoms with E-state index in [4.69, 9.17) is 4.74 Å². The van der Waals surface area contributed by atoms with E-state index in [1.54, 1.807) is 6.20 Å². The van der Waals surface area contributed by atoms with E-state index in [2.05, 4.69) is 22.4 Å². The fraction of sp³-hybridized carbons (Fsp3) is 0.424. The Hall–Kier alpha value is -3.47. The fourth-order valence-corrected chi connectivity index (χ4v) is 5.68. The van der Waals surface area contributed by atoms with Gasteiger partial charge in [-0.05, 0) is 60.1 Å². The molecule has 1 amide bonds. The Labute approximate surface area is 227 Å². The van der Waals surface area contributed by atoms with Gasteiger partial charge in [0.05, 0.1) is 13.0 Å². The molecule has 1 fully saturated rings. The summed E-state index contributed by atoms with van der Waals surface area (Å²) in [7, 11) is 1.45. The maximum absolute atomic E-state index is 13.4. The van der Waals surface area contributed by atoms with E-state index in [1.165, 1.54) is 44.8 Å². The van der Waals surface area contributed by atoms with Crippen LogP contribution in [0.25, 0.3) is 11.1 Å². The Morgan fingerprint density at radius 2 is 1.68 bits per heavy atom. The summed E-state index contributed by atoms with van der Waals surface area (Å²) in [6.07, 6.45) is 14.4. The lowest BCUT2D eigenvalue weighted by Gasteiger charge is -2.28. The van der Waals surface area contributed by atoms with E-state index < -0.39 is 0 Å². The van der Waals surface area contributed by atoms with Crippen LogP contribution in [0.5, 0.6) is 0 Å². The van der Waals surface area contributed by atoms with Gasteiger partial charge in [0, 0.05) is 24.0 Å². The monoisotopic (exact) mass is 512 g/mol. The summed E-state index contributed by atoms with van der Waals surface area (Å²) >= 11 is 0. The molecular weight excluding hydrogens is 472 g/mol. The Morgan fingerprint density at radius 1 is 0.921 bits per heavy atom. The van der Waals surface area contributed by atoms with Crippen LogP contribution in [0.15, 0.2) is 79.1 Å². The number of amides is 1. The molecule has 0 saturated heterocycles. The van der Waals surface area contributed by atoms with Gasteiger partial charge in [0.2, 0.25) is 0 Å². The van der Waals surface area contributed by atoms with E-state index in [9.17, 15) is 9.59 Å². The van der Waals surface area contributed by atoms with Gasteiger partial charge in [0.15, 0.2) is 0 Å². The molecule has 1 aromatic heterocycles. The molecule has 1 N–H and O–H groups in total. The number of esters is 1. The number of ether oxygens (including phenoxy) is 1. The van der Waals surface area contributed by atoms with Crippen LogP contribution >= 0.6 is 0 Å². The number of aromatic nitrogens is 1. The third kappa shape index (κ3) is 8.01. The first-order valence-electron chi connectivity index (χ1n) is 14.1. The molecule has 38 heavy (non-hydrogen) atoms. The molecule has 1 heterocycles. The highest BCUT2D eigenvalue weighted by Gasteiger charge is 2.30. The van der Waals surface area contributed by atoms with Crippen LogP contribution < -0.4 is 5.32 Å². The van der Waals surface area contributed by atoms with Crippen molar-refractivity contribution in [3.8, 4) is 11.1 Å². The van der Waals surface area contributed by atoms with E-state index in [1.807, 2.05) is 60.8 Å². The molecular formula is C33H40N2O3. The standard InChI is InChI=1S/C33H40N2O3/c1-38-33(37)30(16-8-14-25-10-4-2-5-11-25)31(22-17-26-12-6-3-7-13-26)35-32(36)28-20-18-27(19-21-28)29-15-9-23-34-24-29/h3,6-7,9,12-13,15,18-21,23-25,30-31H,2,4-5,8,10-11,14,16-17,22H2,1H3,(H,35,36)/t30-,31-/m1/s1. The smallest absolute Gasteiger partial charge is 0.310 e. The summed E-state index contributed by atoms with van der Waals surface area (Å²) in [6.45, 7) is 0. The average molecular weight is 513 g/mol. The zero-order valence-corrected chi connectivity index (χ0v) is 22.5. The van der Waals surface area contributed by atoms with E-state index in [0.29, 0.717) is 12.0 Å². The summed E-state index contributed by atoms with van der Waals surface area (Å²) in [4.78, 5) is 30.5. The highest BCUT2D eigenvalue weighted by atomic mass is 16.5. The van der Waals surface area contributed by atoms with Gasteiger partial charge < -0.3 is 10.1 Å². The molecule has 2 atom stereocenters. The maximum Gasteiger partial charge on any atom is 0.310 e. The summed E-state index contributed by atoms with van der Waals surface area (Å²) in [6, 6.07) is 21.4. The lowest BCUT2D eigenvalue weighted by Crippen LogP contribution is -2.44. The molecule has 0 unspecified atom stereocenters. The summed E-state index contributed by atoms with van der Waals surface area (Å²) in [5.74, 6) is -0.00966. The van der Waals surface area contributed by atoms with E-state index in [-0.39, 0.29) is 23.8 Å². The van der Waals surface area contributed by atoms with Crippen LogP contribution in [0.4, 0.5) is 0 Å². The van der Waals surface area contributed by atoms with Crippen molar-refractivity contribution in [2.24, 2.45) is 11.8 Å². The number of rotatable bonds is 12. The minimum Gasteiger partial charge on any atom is -0.469 e. The number of carbonyl (C=O) groups excluding carboxylic acids is 2. The third-order valence-corrected chi connectivity index (χ3v) is 7.89. The van der Waals surface area contributed by atoms with Crippen LogP contribution in [-0.4, -0.2) is 30.0 Å². The van der Waals surface area contributed by atoms with Crippen molar-refractivity contribution in [3.63, 3.8) is 0 Å². The number of nitrogens with zero attached hydrogens (tertiary/aromatic N) is 1. The first-order valence-corrected chi connectivity index (χ1v) is 14.1. The molecule has 1 saturated carbocycles. The van der Waals surface area contributed by atoms with Crippen LogP contribution in [0.2, 0.25) is 0 Å². The topological polar surface area (TPSA) is 68.3 Å². The minimum atomic E-state index is -0.370. The van der Waals surface area contributed by atoms with Crippen molar-refractivity contribution in [1.29, 1.82) is 0 Å². The van der Waals surface area contributed by atoms with Crippen LogP contribution in [-0.2, 0) is 16.0 Å². The molecule has 200 valence electrons. The molecule has 0 bridgehead atoms. The van der Waals surface area contributed by atoms with Crippen molar-refractivity contribution in [1.82, 2.24) is 10.3 Å². The SMILES string of the molecule is COC(=O)[C@H](CCCC1CCCCC1)[C@@H](CCc1ccccc1)NC(=O)c1ccc(-c2cccnc2)cc1. The van der Waals surface area contributed by atoms with Gasteiger partial charge >= 0.3 is 5.97 Å². The van der Waals surface area contributed by atoms with Crippen molar-refractivity contribution in [2.75, 3.05) is 7.11 Å². The zero-order chi connectivity index (χ0) is 26.6. The molecule has 1 aliphatic carbocycles. The molecule has 5 nitrogen and oxygen atoms in total. The number of pyridine rings is 1. The average Bonchev–Trinajstić information content (AvgIpc) is 2.99. The summed E-state index contributed by atoms with van der Waals surface area (Å²) in [5.41, 5.74) is 3.78. The lowest BCUT2D eigenvalue weighted by atomic mass is 9.83. The molecule has 4 rings (SSSR count). The maximum atomic E-state index is 13.4. The number of nitrogens with one attached hydrogen (secondary N) is 1. The van der Waals surface area contributed by atoms with Gasteiger partial charge in [-0.2, -0.15) is 0 Å². The molecule has 0 radical (unpaired) electrons. The van der Waals surface area contributed by atoms with Gasteiger partial charge in [0.25, 0.3) is 5.91 Å². The van der Waals surface area contributed by atoms with Crippen LogP contribution in [0.3, 0.4) is 0 Å². The first kappa shape index (κ1) is 27.6. The first-order chi connectivity index (χ1) is 18.6. The Balaban J connectivity index is 1.46. The zero-order valence-electron chi connectivity index (χ0n) is 22.5. The predicted octanol–water partition coefficient (Wildman–Crippen LogP) is 7.02. The number of benzene rings is 2. The van der Waals surface area contributed by atoms with Crippen LogP contribution in [0.1, 0.15) is 73.7 Å². The summed E-state index contributed by atoms with van der Waals surface area (Å²) in [5, 5.41) is 3.21. The van der Waals surface area contributed by atoms with Crippen molar-refractivity contribution >= 4 is 11.9 Å². The van der Waals surface area contributed by atoms with Crippen molar-refractivity contribution < 1.29 is 14.3 Å². The largest absolute Gasteiger partial charge is 0.469 e. The van der Waals surface area contributed by atoms with Gasteiger partial charge in [-0.3, -0.25) is 14.6 Å². The molecule has 3 aromatic rings. The van der Waals surface area contributed by atoms with E-state index in [0.717, 1.165) is 42.7 Å². The Morgan fingerprint density at radius 3 is 2.37 bits per heavy atom. The highest BCUT2D eigenvalue weighted by molar-refractivity contribution is 5.95. The summed E-state index contributed by atoms with van der Waals surface area (Å²) < 4.78 is 5.24. The minimum absolute atomic E-state index is 0.165. The lowest BCUT2D eigenvalue weighted by molar-refractivity contribution is -0.146. The number of hydrogen-bond acceptors (Lipinski definition) is 4. The fourth-order valence-electron chi connectivity index (χ4n) is 5.68. The number of aryl methyl sites for hydroxylation is 1. The van der Waals surface area contributed by atoms with Crippen molar-refractivity contribution in [2.45, 2.75) is 70.3 Å². The molecule has 1 aliphatic rings. The number of hydrogen-bond donors (Lipinski definition) is 1. The molecule has 2 aromatic carbocycles. The Bertz CT molecular complexity index is 1130. The van der Waals surface area contributed by atoms with Crippen LogP contribution in [0, 0.1) is 11.8 Å². The Kier molecular flexibility index (Phi) is 10.5. The van der Waals surface area contributed by atoms with Crippen molar-refractivity contribution in [3.05, 3.63) is 90.3 Å². The van der Waals surface area contributed by atoms with E-state index >= 15 is 0 Å².